The van der Waals surface area contributed by atoms with Crippen molar-refractivity contribution in [3.63, 3.8) is 0 Å². The van der Waals surface area contributed by atoms with E-state index in [2.05, 4.69) is 5.32 Å². The van der Waals surface area contributed by atoms with Crippen LogP contribution in [0.25, 0.3) is 6.08 Å². The average Bonchev–Trinajstić information content (AvgIpc) is 2.55. The Bertz CT molecular complexity index is 828. The second-order valence-corrected chi connectivity index (χ2v) is 4.93. The number of aryl methyl sites for hydroxylation is 1. The molecule has 0 bridgehead atoms. The number of non-ortho nitro benzene ring substituents is 1. The van der Waals surface area contributed by atoms with Gasteiger partial charge in [0.15, 0.2) is 0 Å². The maximum atomic E-state index is 11.9. The Morgan fingerprint density at radius 3 is 2.29 bits per heavy atom. The predicted molar refractivity (Wildman–Crippen MR) is 88.6 cm³/mol. The summed E-state index contributed by atoms with van der Waals surface area (Å²) in [7, 11) is 0. The Balaban J connectivity index is 2.06. The summed E-state index contributed by atoms with van der Waals surface area (Å²) in [5.41, 5.74) is 1.31. The van der Waals surface area contributed by atoms with E-state index < -0.39 is 15.8 Å². The van der Waals surface area contributed by atoms with Gasteiger partial charge in [0.25, 0.3) is 11.4 Å². The van der Waals surface area contributed by atoms with Crippen molar-refractivity contribution in [2.24, 2.45) is 0 Å². The van der Waals surface area contributed by atoms with Crippen LogP contribution in [0.3, 0.4) is 0 Å². The number of carbonyl (C=O) groups is 1. The molecule has 0 saturated carbocycles. The molecule has 0 aliphatic carbocycles. The number of rotatable bonds is 5. The van der Waals surface area contributed by atoms with Crippen LogP contribution in [0, 0.1) is 27.2 Å². The lowest BCUT2D eigenvalue weighted by molar-refractivity contribution is -0.385. The maximum absolute atomic E-state index is 11.9. The number of hydrogen-bond donors (Lipinski definition) is 1. The molecule has 0 heterocycles. The molecule has 0 unspecified atom stereocenters. The van der Waals surface area contributed by atoms with Crippen molar-refractivity contribution >= 4 is 29.0 Å². The quantitative estimate of drug-likeness (QED) is 0.513. The number of benzene rings is 2. The van der Waals surface area contributed by atoms with E-state index in [1.165, 1.54) is 42.5 Å². The van der Waals surface area contributed by atoms with Crippen molar-refractivity contribution in [1.29, 1.82) is 0 Å². The van der Waals surface area contributed by atoms with Crippen LogP contribution in [-0.2, 0) is 4.79 Å². The zero-order valence-corrected chi connectivity index (χ0v) is 12.6. The first kappa shape index (κ1) is 16.8. The molecule has 2 aromatic carbocycles. The third-order valence-corrected chi connectivity index (χ3v) is 3.20. The number of anilines is 1. The first-order chi connectivity index (χ1) is 11.4. The van der Waals surface area contributed by atoms with Crippen LogP contribution in [0.4, 0.5) is 17.1 Å². The highest BCUT2D eigenvalue weighted by Gasteiger charge is 2.11. The zero-order valence-electron chi connectivity index (χ0n) is 12.6. The molecule has 122 valence electrons. The number of nitro benzene ring substituents is 2. The zero-order chi connectivity index (χ0) is 17.7. The summed E-state index contributed by atoms with van der Waals surface area (Å²) in [6.45, 7) is 1.61. The molecule has 8 heteroatoms. The Morgan fingerprint density at radius 1 is 1.04 bits per heavy atom. The maximum Gasteiger partial charge on any atom is 0.274 e. The van der Waals surface area contributed by atoms with Gasteiger partial charge < -0.3 is 5.32 Å². The van der Waals surface area contributed by atoms with Gasteiger partial charge in [-0.2, -0.15) is 0 Å². The molecular formula is C16H13N3O5. The third-order valence-electron chi connectivity index (χ3n) is 3.20. The largest absolute Gasteiger partial charge is 0.322 e. The number of nitrogens with one attached hydrogen (secondary N) is 1. The highest BCUT2D eigenvalue weighted by atomic mass is 16.6. The van der Waals surface area contributed by atoms with Gasteiger partial charge in [0.2, 0.25) is 5.91 Å². The van der Waals surface area contributed by atoms with Crippen LogP contribution in [-0.4, -0.2) is 15.8 Å². The van der Waals surface area contributed by atoms with Crippen molar-refractivity contribution in [2.75, 3.05) is 5.32 Å². The summed E-state index contributed by atoms with van der Waals surface area (Å²) in [4.78, 5) is 32.3. The molecule has 0 fully saturated rings. The Morgan fingerprint density at radius 2 is 1.71 bits per heavy atom. The molecule has 0 saturated heterocycles. The van der Waals surface area contributed by atoms with E-state index in [9.17, 15) is 25.0 Å². The number of nitrogens with zero attached hydrogens (tertiary/aromatic N) is 2. The molecule has 24 heavy (non-hydrogen) atoms. The van der Waals surface area contributed by atoms with Gasteiger partial charge in [0, 0.05) is 35.5 Å². The standard InChI is InChI=1S/C16H13N3O5/c1-11-2-6-13(10-15(11)19(23)24)17-16(20)9-5-12-3-7-14(8-4-12)18(21)22/h2-10H,1H3,(H,17,20)/b9-5+. The fourth-order valence-corrected chi connectivity index (χ4v) is 1.95. The van der Waals surface area contributed by atoms with Gasteiger partial charge in [-0.3, -0.25) is 25.0 Å². The lowest BCUT2D eigenvalue weighted by atomic mass is 10.1. The number of amides is 1. The lowest BCUT2D eigenvalue weighted by Crippen LogP contribution is -2.08. The summed E-state index contributed by atoms with van der Waals surface area (Å²) in [6, 6.07) is 10.1. The van der Waals surface area contributed by atoms with Crippen molar-refractivity contribution in [2.45, 2.75) is 6.92 Å². The van der Waals surface area contributed by atoms with Crippen LogP contribution < -0.4 is 5.32 Å². The van der Waals surface area contributed by atoms with Crippen molar-refractivity contribution in [3.8, 4) is 0 Å². The summed E-state index contributed by atoms with van der Waals surface area (Å²) in [6.07, 6.45) is 2.73. The van der Waals surface area contributed by atoms with E-state index in [1.807, 2.05) is 0 Å². The van der Waals surface area contributed by atoms with Gasteiger partial charge in [0.1, 0.15) is 0 Å². The molecule has 0 aliphatic heterocycles. The monoisotopic (exact) mass is 327 g/mol. The minimum absolute atomic E-state index is 0.0384. The molecule has 0 spiro atoms. The number of nitro groups is 2. The number of carbonyl (C=O) groups excluding carboxylic acids is 1. The van der Waals surface area contributed by atoms with E-state index in [0.29, 0.717) is 16.8 Å². The minimum Gasteiger partial charge on any atom is -0.322 e. The van der Waals surface area contributed by atoms with E-state index in [1.54, 1.807) is 19.1 Å². The second-order valence-electron chi connectivity index (χ2n) is 4.93. The SMILES string of the molecule is Cc1ccc(NC(=O)/C=C/c2ccc([N+](=O)[O-])cc2)cc1[N+](=O)[O-]. The fraction of sp³-hybridized carbons (Fsp3) is 0.0625. The van der Waals surface area contributed by atoms with Crippen LogP contribution in [0.1, 0.15) is 11.1 Å². The molecular weight excluding hydrogens is 314 g/mol. The topological polar surface area (TPSA) is 115 Å². The highest BCUT2D eigenvalue weighted by Crippen LogP contribution is 2.22. The van der Waals surface area contributed by atoms with Crippen molar-refractivity contribution in [3.05, 3.63) is 79.9 Å². The summed E-state index contributed by atoms with van der Waals surface area (Å²) in [5.74, 6) is -0.466. The van der Waals surface area contributed by atoms with Gasteiger partial charge >= 0.3 is 0 Å². The van der Waals surface area contributed by atoms with Gasteiger partial charge in [-0.15, -0.1) is 0 Å². The van der Waals surface area contributed by atoms with Crippen LogP contribution in [0.5, 0.6) is 0 Å². The van der Waals surface area contributed by atoms with Crippen LogP contribution in [0.15, 0.2) is 48.5 Å². The highest BCUT2D eigenvalue weighted by molar-refractivity contribution is 6.02. The Hall–Kier alpha value is -3.55. The summed E-state index contributed by atoms with van der Waals surface area (Å²) < 4.78 is 0. The minimum atomic E-state index is -0.516. The van der Waals surface area contributed by atoms with E-state index in [4.69, 9.17) is 0 Å². The summed E-state index contributed by atoms with van der Waals surface area (Å²) in [5, 5.41) is 24.0. The first-order valence-electron chi connectivity index (χ1n) is 6.85. The van der Waals surface area contributed by atoms with E-state index >= 15 is 0 Å². The Kier molecular flexibility index (Phi) is 5.00. The average molecular weight is 327 g/mol. The van der Waals surface area contributed by atoms with Gasteiger partial charge in [-0.1, -0.05) is 6.07 Å². The van der Waals surface area contributed by atoms with Gasteiger partial charge in [-0.05, 0) is 36.8 Å². The fourth-order valence-electron chi connectivity index (χ4n) is 1.95. The molecule has 0 aromatic heterocycles. The molecule has 0 aliphatic rings. The third kappa shape index (κ3) is 4.23. The van der Waals surface area contributed by atoms with Crippen LogP contribution in [0.2, 0.25) is 0 Å². The summed E-state index contributed by atoms with van der Waals surface area (Å²) >= 11 is 0. The smallest absolute Gasteiger partial charge is 0.274 e. The van der Waals surface area contributed by atoms with E-state index in [0.717, 1.165) is 0 Å². The molecule has 2 aromatic rings. The second kappa shape index (κ2) is 7.14. The normalized spacial score (nSPS) is 10.5. The molecule has 2 rings (SSSR count). The molecule has 0 atom stereocenters. The van der Waals surface area contributed by atoms with Crippen molar-refractivity contribution < 1.29 is 14.6 Å². The molecule has 1 amide bonds. The van der Waals surface area contributed by atoms with Gasteiger partial charge in [0.05, 0.1) is 9.85 Å². The first-order valence-corrected chi connectivity index (χ1v) is 6.85. The Labute approximate surface area is 136 Å². The lowest BCUT2D eigenvalue weighted by Gasteiger charge is -2.03. The van der Waals surface area contributed by atoms with Crippen molar-refractivity contribution in [1.82, 2.24) is 0 Å². The van der Waals surface area contributed by atoms with Gasteiger partial charge in [-0.25, -0.2) is 0 Å². The predicted octanol–water partition coefficient (Wildman–Crippen LogP) is 3.46. The molecule has 8 nitrogen and oxygen atoms in total. The molecule has 0 radical (unpaired) electrons. The number of hydrogen-bond acceptors (Lipinski definition) is 5. The molecule has 1 N–H and O–H groups in total. The van der Waals surface area contributed by atoms with Crippen LogP contribution >= 0.6 is 0 Å². The van der Waals surface area contributed by atoms with E-state index in [-0.39, 0.29) is 11.4 Å².